The highest BCUT2D eigenvalue weighted by Crippen LogP contribution is 2.15. The number of pyridine rings is 1. The minimum atomic E-state index is -0.294. The smallest absolute Gasteiger partial charge is 0.257 e. The van der Waals surface area contributed by atoms with Crippen molar-refractivity contribution in [2.75, 3.05) is 5.32 Å². The van der Waals surface area contributed by atoms with Crippen LogP contribution in [0.1, 0.15) is 15.9 Å². The van der Waals surface area contributed by atoms with Crippen LogP contribution in [-0.4, -0.2) is 10.9 Å². The minimum Gasteiger partial charge on any atom is -0.322 e. The van der Waals surface area contributed by atoms with Crippen LogP contribution in [-0.2, 0) is 0 Å². The Morgan fingerprint density at radius 2 is 2.11 bits per heavy atom. The molecule has 0 spiro atoms. The second-order valence-corrected chi connectivity index (χ2v) is 4.73. The monoisotopic (exact) mass is 308 g/mol. The number of rotatable bonds is 2. The number of hydrogen-bond acceptors (Lipinski definition) is 2. The maximum absolute atomic E-state index is 13.1. The van der Waals surface area contributed by atoms with Crippen molar-refractivity contribution >= 4 is 27.5 Å². The maximum atomic E-state index is 13.1. The van der Waals surface area contributed by atoms with Gasteiger partial charge in [0.05, 0.1) is 5.56 Å². The Kier molecular flexibility index (Phi) is 3.72. The quantitative estimate of drug-likeness (QED) is 0.922. The summed E-state index contributed by atoms with van der Waals surface area (Å²) in [5, 5.41) is 2.69. The van der Waals surface area contributed by atoms with Crippen molar-refractivity contribution in [3.63, 3.8) is 0 Å². The SMILES string of the molecule is Cc1cc(NC(=O)c2cncc(Br)c2)ccc1F. The number of anilines is 1. The Morgan fingerprint density at radius 3 is 2.78 bits per heavy atom. The lowest BCUT2D eigenvalue weighted by Gasteiger charge is -2.06. The lowest BCUT2D eigenvalue weighted by molar-refractivity contribution is 0.102. The molecule has 2 aromatic rings. The molecule has 1 amide bonds. The van der Waals surface area contributed by atoms with Gasteiger partial charge in [0, 0.05) is 22.6 Å². The van der Waals surface area contributed by atoms with Crippen molar-refractivity contribution < 1.29 is 9.18 Å². The second-order valence-electron chi connectivity index (χ2n) is 3.81. The summed E-state index contributed by atoms with van der Waals surface area (Å²) in [5.74, 6) is -0.577. The van der Waals surface area contributed by atoms with E-state index in [9.17, 15) is 9.18 Å². The molecular weight excluding hydrogens is 299 g/mol. The van der Waals surface area contributed by atoms with Crippen molar-refractivity contribution in [2.24, 2.45) is 0 Å². The molecule has 3 nitrogen and oxygen atoms in total. The first-order valence-electron chi connectivity index (χ1n) is 5.24. The Bertz CT molecular complexity index is 601. The van der Waals surface area contributed by atoms with E-state index < -0.39 is 0 Å². The van der Waals surface area contributed by atoms with Crippen LogP contribution in [0.3, 0.4) is 0 Å². The first kappa shape index (κ1) is 12.7. The molecule has 0 bridgehead atoms. The number of hydrogen-bond donors (Lipinski definition) is 1. The predicted octanol–water partition coefficient (Wildman–Crippen LogP) is 3.54. The van der Waals surface area contributed by atoms with Gasteiger partial charge >= 0.3 is 0 Å². The van der Waals surface area contributed by atoms with E-state index in [1.165, 1.54) is 18.3 Å². The summed E-state index contributed by atoms with van der Waals surface area (Å²) >= 11 is 3.24. The minimum absolute atomic E-state index is 0.283. The fourth-order valence-corrected chi connectivity index (χ4v) is 1.83. The number of carbonyl (C=O) groups excluding carboxylic acids is 1. The van der Waals surface area contributed by atoms with Crippen LogP contribution < -0.4 is 5.32 Å². The lowest BCUT2D eigenvalue weighted by Crippen LogP contribution is -2.12. The molecule has 18 heavy (non-hydrogen) atoms. The molecular formula is C13H10BrFN2O. The number of aromatic nitrogens is 1. The molecule has 1 heterocycles. The second kappa shape index (κ2) is 5.27. The molecule has 0 fully saturated rings. The van der Waals surface area contributed by atoms with Gasteiger partial charge in [0.1, 0.15) is 5.82 Å². The lowest BCUT2D eigenvalue weighted by atomic mass is 10.2. The molecule has 0 aliphatic rings. The van der Waals surface area contributed by atoms with Gasteiger partial charge in [-0.25, -0.2) is 4.39 Å². The largest absolute Gasteiger partial charge is 0.322 e. The van der Waals surface area contributed by atoms with E-state index in [1.807, 2.05) is 0 Å². The molecule has 1 aromatic heterocycles. The molecule has 0 atom stereocenters. The molecule has 0 aliphatic heterocycles. The Labute approximate surface area is 112 Å². The number of halogens is 2. The molecule has 0 radical (unpaired) electrons. The summed E-state index contributed by atoms with van der Waals surface area (Å²) in [6.45, 7) is 1.64. The van der Waals surface area contributed by atoms with Gasteiger partial charge in [-0.05, 0) is 52.7 Å². The zero-order chi connectivity index (χ0) is 13.1. The van der Waals surface area contributed by atoms with E-state index in [0.717, 1.165) is 4.47 Å². The van der Waals surface area contributed by atoms with Gasteiger partial charge < -0.3 is 5.32 Å². The molecule has 1 aromatic carbocycles. The molecule has 0 saturated carbocycles. The van der Waals surface area contributed by atoms with Crippen molar-refractivity contribution in [3.05, 3.63) is 58.1 Å². The number of nitrogens with zero attached hydrogens (tertiary/aromatic N) is 1. The average molecular weight is 309 g/mol. The standard InChI is InChI=1S/C13H10BrFN2O/c1-8-4-11(2-3-12(8)15)17-13(18)9-5-10(14)7-16-6-9/h2-7H,1H3,(H,17,18). The van der Waals surface area contributed by atoms with E-state index >= 15 is 0 Å². The van der Waals surface area contributed by atoms with Gasteiger partial charge in [0.25, 0.3) is 5.91 Å². The van der Waals surface area contributed by atoms with Crippen LogP contribution in [0.5, 0.6) is 0 Å². The van der Waals surface area contributed by atoms with Gasteiger partial charge in [0.2, 0.25) is 0 Å². The fraction of sp³-hybridized carbons (Fsp3) is 0.0769. The van der Waals surface area contributed by atoms with Gasteiger partial charge in [-0.15, -0.1) is 0 Å². The molecule has 0 unspecified atom stereocenters. The Balaban J connectivity index is 2.18. The van der Waals surface area contributed by atoms with E-state index in [4.69, 9.17) is 0 Å². The number of carbonyl (C=O) groups is 1. The van der Waals surface area contributed by atoms with Gasteiger partial charge in [0.15, 0.2) is 0 Å². The highest BCUT2D eigenvalue weighted by atomic mass is 79.9. The zero-order valence-electron chi connectivity index (χ0n) is 9.58. The van der Waals surface area contributed by atoms with Crippen molar-refractivity contribution in [2.45, 2.75) is 6.92 Å². The molecule has 2 rings (SSSR count). The van der Waals surface area contributed by atoms with E-state index in [-0.39, 0.29) is 11.7 Å². The molecule has 0 saturated heterocycles. The highest BCUT2D eigenvalue weighted by molar-refractivity contribution is 9.10. The van der Waals surface area contributed by atoms with Crippen molar-refractivity contribution in [1.82, 2.24) is 4.98 Å². The van der Waals surface area contributed by atoms with Gasteiger partial charge in [-0.2, -0.15) is 0 Å². The third-order valence-corrected chi connectivity index (χ3v) is 2.82. The van der Waals surface area contributed by atoms with Crippen LogP contribution in [0.25, 0.3) is 0 Å². The van der Waals surface area contributed by atoms with Crippen molar-refractivity contribution in [3.8, 4) is 0 Å². The first-order valence-corrected chi connectivity index (χ1v) is 6.03. The zero-order valence-corrected chi connectivity index (χ0v) is 11.2. The van der Waals surface area contributed by atoms with E-state index in [2.05, 4.69) is 26.2 Å². The van der Waals surface area contributed by atoms with Crippen LogP contribution in [0.15, 0.2) is 41.1 Å². The Hall–Kier alpha value is -1.75. The van der Waals surface area contributed by atoms with Crippen LogP contribution in [0.4, 0.5) is 10.1 Å². The predicted molar refractivity (Wildman–Crippen MR) is 71.0 cm³/mol. The summed E-state index contributed by atoms with van der Waals surface area (Å²) in [7, 11) is 0. The summed E-state index contributed by atoms with van der Waals surface area (Å²) in [5.41, 5.74) is 1.48. The molecule has 0 aliphatic carbocycles. The van der Waals surface area contributed by atoms with E-state index in [1.54, 1.807) is 25.3 Å². The summed E-state index contributed by atoms with van der Waals surface area (Å²) in [4.78, 5) is 15.8. The van der Waals surface area contributed by atoms with E-state index in [0.29, 0.717) is 16.8 Å². The number of amides is 1. The normalized spacial score (nSPS) is 10.2. The van der Waals surface area contributed by atoms with Gasteiger partial charge in [-0.3, -0.25) is 9.78 Å². The number of aryl methyl sites for hydroxylation is 1. The van der Waals surface area contributed by atoms with Crippen LogP contribution in [0, 0.1) is 12.7 Å². The molecule has 92 valence electrons. The molecule has 1 N–H and O–H groups in total. The highest BCUT2D eigenvalue weighted by Gasteiger charge is 2.07. The van der Waals surface area contributed by atoms with Crippen molar-refractivity contribution in [1.29, 1.82) is 0 Å². The summed E-state index contributed by atoms with van der Waals surface area (Å²) in [6.07, 6.45) is 3.06. The first-order chi connectivity index (χ1) is 8.56. The Morgan fingerprint density at radius 1 is 1.33 bits per heavy atom. The number of nitrogens with one attached hydrogen (secondary N) is 1. The molecule has 5 heteroatoms. The summed E-state index contributed by atoms with van der Waals surface area (Å²) in [6, 6.07) is 6.09. The fourth-order valence-electron chi connectivity index (χ4n) is 1.46. The average Bonchev–Trinajstić information content (AvgIpc) is 2.34. The third-order valence-electron chi connectivity index (χ3n) is 2.38. The van der Waals surface area contributed by atoms with Gasteiger partial charge in [-0.1, -0.05) is 0 Å². The maximum Gasteiger partial charge on any atom is 0.257 e. The number of benzene rings is 1. The van der Waals surface area contributed by atoms with Crippen LogP contribution >= 0.6 is 15.9 Å². The third kappa shape index (κ3) is 2.92. The van der Waals surface area contributed by atoms with Crippen LogP contribution in [0.2, 0.25) is 0 Å². The topological polar surface area (TPSA) is 42.0 Å². The summed E-state index contributed by atoms with van der Waals surface area (Å²) < 4.78 is 13.8.